The lowest BCUT2D eigenvalue weighted by Gasteiger charge is -2.01. The van der Waals surface area contributed by atoms with Gasteiger partial charge in [-0.25, -0.2) is 4.98 Å². The maximum atomic E-state index is 12.0. The number of rotatable bonds is 5. The average Bonchev–Trinajstić information content (AvgIpc) is 2.96. The molecule has 0 unspecified atom stereocenters. The zero-order valence-electron chi connectivity index (χ0n) is 10.3. The highest BCUT2D eigenvalue weighted by atomic mass is 32.1. The Hall–Kier alpha value is -1.89. The first-order chi connectivity index (χ1) is 8.70. The van der Waals surface area contributed by atoms with Crippen LogP contribution in [-0.2, 0) is 6.54 Å². The Morgan fingerprint density at radius 2 is 2.39 bits per heavy atom. The molecule has 0 saturated heterocycles. The largest absolute Gasteiger partial charge is 0.362 e. The third kappa shape index (κ3) is 2.86. The quantitative estimate of drug-likeness (QED) is 0.765. The van der Waals surface area contributed by atoms with Crippen LogP contribution < -0.4 is 10.6 Å². The normalized spacial score (nSPS) is 10.3. The van der Waals surface area contributed by atoms with Crippen LogP contribution in [0.3, 0.4) is 0 Å². The molecule has 2 rings (SSSR count). The third-order valence-electron chi connectivity index (χ3n) is 2.33. The van der Waals surface area contributed by atoms with Crippen molar-refractivity contribution in [2.75, 3.05) is 11.9 Å². The van der Waals surface area contributed by atoms with E-state index in [1.807, 2.05) is 19.9 Å². The van der Waals surface area contributed by atoms with Crippen LogP contribution in [0.1, 0.15) is 28.0 Å². The van der Waals surface area contributed by atoms with Gasteiger partial charge in [0.1, 0.15) is 4.88 Å². The van der Waals surface area contributed by atoms with Crippen LogP contribution in [0.4, 0.5) is 5.13 Å². The van der Waals surface area contributed by atoms with Crippen LogP contribution in [0, 0.1) is 6.92 Å². The van der Waals surface area contributed by atoms with Gasteiger partial charge in [-0.2, -0.15) is 5.10 Å². The molecule has 18 heavy (non-hydrogen) atoms. The van der Waals surface area contributed by atoms with Gasteiger partial charge in [-0.15, -0.1) is 0 Å². The van der Waals surface area contributed by atoms with Crippen LogP contribution in [0.25, 0.3) is 0 Å². The van der Waals surface area contributed by atoms with E-state index in [1.54, 1.807) is 6.20 Å². The molecule has 96 valence electrons. The third-order valence-corrected chi connectivity index (χ3v) is 3.44. The van der Waals surface area contributed by atoms with Crippen molar-refractivity contribution in [2.45, 2.75) is 20.4 Å². The molecule has 0 aromatic carbocycles. The molecule has 0 fully saturated rings. The molecule has 0 radical (unpaired) electrons. The van der Waals surface area contributed by atoms with E-state index >= 15 is 0 Å². The molecule has 2 heterocycles. The molecule has 0 bridgehead atoms. The number of hydrogen-bond acceptors (Lipinski definition) is 5. The minimum absolute atomic E-state index is 0.108. The highest BCUT2D eigenvalue weighted by Gasteiger charge is 2.14. The molecule has 2 aromatic rings. The summed E-state index contributed by atoms with van der Waals surface area (Å²) < 4.78 is 0. The summed E-state index contributed by atoms with van der Waals surface area (Å²) in [7, 11) is 0. The van der Waals surface area contributed by atoms with E-state index in [0.29, 0.717) is 11.4 Å². The maximum Gasteiger partial charge on any atom is 0.263 e. The first-order valence-electron chi connectivity index (χ1n) is 5.68. The van der Waals surface area contributed by atoms with Crippen molar-refractivity contribution < 1.29 is 4.79 Å². The SMILES string of the molecule is CCNc1nc(C)c(C(=O)NCc2ccn[nH]2)s1. The van der Waals surface area contributed by atoms with E-state index in [9.17, 15) is 4.79 Å². The number of hydrogen-bond donors (Lipinski definition) is 3. The van der Waals surface area contributed by atoms with Crippen LogP contribution in [0.15, 0.2) is 12.3 Å². The average molecular weight is 265 g/mol. The summed E-state index contributed by atoms with van der Waals surface area (Å²) in [5.74, 6) is -0.108. The van der Waals surface area contributed by atoms with Gasteiger partial charge in [0.05, 0.1) is 17.9 Å². The molecule has 7 heteroatoms. The summed E-state index contributed by atoms with van der Waals surface area (Å²) in [6.45, 7) is 5.06. The van der Waals surface area contributed by atoms with Crippen molar-refractivity contribution in [2.24, 2.45) is 0 Å². The van der Waals surface area contributed by atoms with Gasteiger partial charge in [0.2, 0.25) is 0 Å². The van der Waals surface area contributed by atoms with E-state index in [0.717, 1.165) is 23.1 Å². The summed E-state index contributed by atoms with van der Waals surface area (Å²) in [6, 6.07) is 1.82. The molecule has 0 spiro atoms. The van der Waals surface area contributed by atoms with Crippen LogP contribution in [0.5, 0.6) is 0 Å². The number of aromatic amines is 1. The first-order valence-corrected chi connectivity index (χ1v) is 6.50. The zero-order valence-corrected chi connectivity index (χ0v) is 11.1. The number of thiazole rings is 1. The molecule has 0 saturated carbocycles. The standard InChI is InChI=1S/C11H15N5OS/c1-3-12-11-15-7(2)9(18-11)10(17)13-6-8-4-5-14-16-8/h4-5H,3,6H2,1-2H3,(H,12,15)(H,13,17)(H,14,16). The number of carbonyl (C=O) groups excluding carboxylic acids is 1. The Balaban J connectivity index is 2.00. The lowest BCUT2D eigenvalue weighted by atomic mass is 10.3. The smallest absolute Gasteiger partial charge is 0.263 e. The van der Waals surface area contributed by atoms with Crippen molar-refractivity contribution in [3.63, 3.8) is 0 Å². The van der Waals surface area contributed by atoms with Gasteiger partial charge >= 0.3 is 0 Å². The lowest BCUT2D eigenvalue weighted by Crippen LogP contribution is -2.22. The summed E-state index contributed by atoms with van der Waals surface area (Å²) in [5.41, 5.74) is 1.62. The number of amides is 1. The summed E-state index contributed by atoms with van der Waals surface area (Å²) in [4.78, 5) is 16.9. The number of nitrogens with zero attached hydrogens (tertiary/aromatic N) is 2. The second-order valence-electron chi connectivity index (χ2n) is 3.73. The van der Waals surface area contributed by atoms with Gasteiger partial charge in [0.25, 0.3) is 5.91 Å². The number of anilines is 1. The number of aryl methyl sites for hydroxylation is 1. The fourth-order valence-electron chi connectivity index (χ4n) is 1.47. The Morgan fingerprint density at radius 3 is 3.06 bits per heavy atom. The molecule has 3 N–H and O–H groups in total. The summed E-state index contributed by atoms with van der Waals surface area (Å²) in [5, 5.41) is 13.3. The second kappa shape index (κ2) is 5.63. The van der Waals surface area contributed by atoms with E-state index in [4.69, 9.17) is 0 Å². The molecule has 2 aromatic heterocycles. The minimum atomic E-state index is -0.108. The summed E-state index contributed by atoms with van der Waals surface area (Å²) in [6.07, 6.45) is 1.66. The van der Waals surface area contributed by atoms with Crippen LogP contribution in [0.2, 0.25) is 0 Å². The second-order valence-corrected chi connectivity index (χ2v) is 4.73. The molecular weight excluding hydrogens is 250 g/mol. The van der Waals surface area contributed by atoms with Crippen molar-refractivity contribution >= 4 is 22.4 Å². The van der Waals surface area contributed by atoms with Gasteiger partial charge < -0.3 is 10.6 Å². The highest BCUT2D eigenvalue weighted by Crippen LogP contribution is 2.22. The minimum Gasteiger partial charge on any atom is -0.362 e. The van der Waals surface area contributed by atoms with E-state index in [1.165, 1.54) is 11.3 Å². The van der Waals surface area contributed by atoms with Gasteiger partial charge in [0.15, 0.2) is 5.13 Å². The van der Waals surface area contributed by atoms with E-state index in [2.05, 4.69) is 25.8 Å². The molecule has 6 nitrogen and oxygen atoms in total. The van der Waals surface area contributed by atoms with Crippen molar-refractivity contribution in [3.8, 4) is 0 Å². The summed E-state index contributed by atoms with van der Waals surface area (Å²) >= 11 is 1.37. The van der Waals surface area contributed by atoms with Crippen molar-refractivity contribution in [1.29, 1.82) is 0 Å². The van der Waals surface area contributed by atoms with Crippen molar-refractivity contribution in [3.05, 3.63) is 28.5 Å². The number of carbonyl (C=O) groups is 1. The molecule has 0 atom stereocenters. The van der Waals surface area contributed by atoms with Crippen LogP contribution >= 0.6 is 11.3 Å². The Kier molecular flexibility index (Phi) is 3.93. The van der Waals surface area contributed by atoms with E-state index in [-0.39, 0.29) is 5.91 Å². The fraction of sp³-hybridized carbons (Fsp3) is 0.364. The molecule has 0 aliphatic carbocycles. The van der Waals surface area contributed by atoms with Gasteiger partial charge in [-0.1, -0.05) is 11.3 Å². The molecule has 0 aliphatic rings. The number of H-pyrrole nitrogens is 1. The maximum absolute atomic E-state index is 12.0. The zero-order chi connectivity index (χ0) is 13.0. The van der Waals surface area contributed by atoms with Crippen molar-refractivity contribution in [1.82, 2.24) is 20.5 Å². The lowest BCUT2D eigenvalue weighted by molar-refractivity contribution is 0.0953. The fourth-order valence-corrected chi connectivity index (χ4v) is 2.42. The number of nitrogens with one attached hydrogen (secondary N) is 3. The van der Waals surface area contributed by atoms with Gasteiger partial charge in [0, 0.05) is 12.7 Å². The van der Waals surface area contributed by atoms with Gasteiger partial charge in [-0.05, 0) is 19.9 Å². The number of aromatic nitrogens is 3. The monoisotopic (exact) mass is 265 g/mol. The van der Waals surface area contributed by atoms with E-state index < -0.39 is 0 Å². The Bertz CT molecular complexity index is 520. The predicted molar refractivity (Wildman–Crippen MR) is 70.8 cm³/mol. The molecular formula is C11H15N5OS. The van der Waals surface area contributed by atoms with Gasteiger partial charge in [-0.3, -0.25) is 9.89 Å². The predicted octanol–water partition coefficient (Wildman–Crippen LogP) is 1.54. The molecule has 0 aliphatic heterocycles. The Morgan fingerprint density at radius 1 is 1.56 bits per heavy atom. The first kappa shape index (κ1) is 12.6. The topological polar surface area (TPSA) is 82.7 Å². The Labute approximate surface area is 109 Å². The highest BCUT2D eigenvalue weighted by molar-refractivity contribution is 7.17. The molecule has 1 amide bonds. The van der Waals surface area contributed by atoms with Crippen LogP contribution in [-0.4, -0.2) is 27.6 Å².